The second-order valence-electron chi connectivity index (χ2n) is 8.28. The molecule has 3 heterocycles. The highest BCUT2D eigenvalue weighted by atomic mass is 19.1. The summed E-state index contributed by atoms with van der Waals surface area (Å²) >= 11 is 0. The second kappa shape index (κ2) is 7.09. The third-order valence-corrected chi connectivity index (χ3v) is 6.30. The Balaban J connectivity index is 1.62. The van der Waals surface area contributed by atoms with E-state index in [9.17, 15) is 14.0 Å². The number of aryl methyl sites for hydroxylation is 1. The van der Waals surface area contributed by atoms with E-state index in [2.05, 4.69) is 15.3 Å². The van der Waals surface area contributed by atoms with Crippen molar-refractivity contribution >= 4 is 40.9 Å². The predicted molar refractivity (Wildman–Crippen MR) is 122 cm³/mol. The quantitative estimate of drug-likeness (QED) is 0.435. The zero-order chi connectivity index (χ0) is 21.9. The molecule has 1 amide bonds. The number of rotatable bonds is 2. The first kappa shape index (κ1) is 19.6. The van der Waals surface area contributed by atoms with Gasteiger partial charge in [-0.2, -0.15) is 0 Å². The lowest BCUT2D eigenvalue weighted by Gasteiger charge is -2.34. The number of hydrogen-bond donors (Lipinski definition) is 3. The highest BCUT2D eigenvalue weighted by Crippen LogP contribution is 2.32. The molecule has 2 aromatic carbocycles. The first-order valence-electron chi connectivity index (χ1n) is 10.3. The summed E-state index contributed by atoms with van der Waals surface area (Å²) in [5.74, 6) is -0.528. The van der Waals surface area contributed by atoms with Crippen molar-refractivity contribution < 1.29 is 9.18 Å². The standard InChI is InChI=1S/C23H22BFN4O2/c1-11-6-13-12(7-16(11)25)21-19(28-22(13)30)9-26-10-20(21)29(2)23(31)18-8-14-15(24)4-3-5-17(14)27-18/h3-8,20,26-27H,9-10,24H2,1-2H3,(H,28,30). The Labute approximate surface area is 178 Å². The van der Waals surface area contributed by atoms with Gasteiger partial charge in [0.2, 0.25) is 0 Å². The first-order chi connectivity index (χ1) is 14.8. The molecule has 0 radical (unpaired) electrons. The van der Waals surface area contributed by atoms with Crippen LogP contribution in [0, 0.1) is 12.7 Å². The molecule has 0 aliphatic carbocycles. The van der Waals surface area contributed by atoms with Crippen LogP contribution in [0.25, 0.3) is 21.7 Å². The fourth-order valence-corrected chi connectivity index (χ4v) is 4.57. The summed E-state index contributed by atoms with van der Waals surface area (Å²) in [6.07, 6.45) is 0. The Bertz CT molecular complexity index is 1420. The number of H-pyrrole nitrogens is 2. The number of aromatic amines is 2. The van der Waals surface area contributed by atoms with Gasteiger partial charge in [-0.1, -0.05) is 17.6 Å². The van der Waals surface area contributed by atoms with E-state index in [4.69, 9.17) is 0 Å². The van der Waals surface area contributed by atoms with E-state index in [1.165, 1.54) is 6.07 Å². The summed E-state index contributed by atoms with van der Waals surface area (Å²) < 4.78 is 14.4. The van der Waals surface area contributed by atoms with E-state index in [1.54, 1.807) is 24.9 Å². The molecule has 1 atom stereocenters. The first-order valence-corrected chi connectivity index (χ1v) is 10.3. The summed E-state index contributed by atoms with van der Waals surface area (Å²) in [5, 5.41) is 5.26. The maximum atomic E-state index is 14.4. The van der Waals surface area contributed by atoms with Crippen molar-refractivity contribution in [3.8, 4) is 0 Å². The van der Waals surface area contributed by atoms with Crippen LogP contribution in [0.1, 0.15) is 33.4 Å². The smallest absolute Gasteiger partial charge is 0.270 e. The Kier molecular flexibility index (Phi) is 4.48. The number of carbonyl (C=O) groups is 1. The monoisotopic (exact) mass is 416 g/mol. The van der Waals surface area contributed by atoms with Gasteiger partial charge in [0, 0.05) is 42.3 Å². The lowest BCUT2D eigenvalue weighted by molar-refractivity contribution is 0.0718. The van der Waals surface area contributed by atoms with Crippen molar-refractivity contribution in [2.75, 3.05) is 13.6 Å². The highest BCUT2D eigenvalue weighted by Gasteiger charge is 2.31. The van der Waals surface area contributed by atoms with Crippen LogP contribution in [-0.2, 0) is 6.54 Å². The molecule has 5 rings (SSSR count). The van der Waals surface area contributed by atoms with Crippen LogP contribution in [0.3, 0.4) is 0 Å². The third-order valence-electron chi connectivity index (χ3n) is 6.30. The predicted octanol–water partition coefficient (Wildman–Crippen LogP) is 1.63. The van der Waals surface area contributed by atoms with Crippen molar-refractivity contribution in [2.45, 2.75) is 19.5 Å². The molecule has 0 saturated heterocycles. The summed E-state index contributed by atoms with van der Waals surface area (Å²) in [5.41, 5.74) is 4.13. The number of carbonyl (C=O) groups excluding carboxylic acids is 1. The fraction of sp³-hybridized carbons (Fsp3) is 0.217. The van der Waals surface area contributed by atoms with Crippen molar-refractivity contribution in [3.63, 3.8) is 0 Å². The van der Waals surface area contributed by atoms with Gasteiger partial charge in [0.1, 0.15) is 19.4 Å². The molecule has 4 aromatic rings. The van der Waals surface area contributed by atoms with Crippen molar-refractivity contribution in [1.29, 1.82) is 0 Å². The molecule has 6 nitrogen and oxygen atoms in total. The molecule has 2 aromatic heterocycles. The van der Waals surface area contributed by atoms with Gasteiger partial charge in [0.15, 0.2) is 0 Å². The SMILES string of the molecule is Bc1cccc2[nH]c(C(=O)N(C)C3CNCc4[nH]c(=O)c5cc(C)c(F)cc5c43)cc12. The second-order valence-corrected chi connectivity index (χ2v) is 8.28. The molecule has 1 unspecified atom stereocenters. The number of pyridine rings is 1. The van der Waals surface area contributed by atoms with E-state index < -0.39 is 0 Å². The van der Waals surface area contributed by atoms with Crippen LogP contribution < -0.4 is 16.3 Å². The molecule has 1 aliphatic rings. The molecule has 3 N–H and O–H groups in total. The number of aromatic nitrogens is 2. The molecule has 0 bridgehead atoms. The molecule has 0 fully saturated rings. The van der Waals surface area contributed by atoms with Gasteiger partial charge in [-0.05, 0) is 47.5 Å². The molecule has 1 aliphatic heterocycles. The zero-order valence-electron chi connectivity index (χ0n) is 17.6. The van der Waals surface area contributed by atoms with Gasteiger partial charge in [-0.15, -0.1) is 0 Å². The van der Waals surface area contributed by atoms with E-state index >= 15 is 0 Å². The van der Waals surface area contributed by atoms with E-state index in [-0.39, 0.29) is 23.3 Å². The van der Waals surface area contributed by atoms with Crippen molar-refractivity contribution in [2.24, 2.45) is 0 Å². The number of likely N-dealkylation sites (N-methyl/N-ethyl adjacent to an activating group) is 1. The van der Waals surface area contributed by atoms with Crippen LogP contribution in [0.4, 0.5) is 4.39 Å². The lowest BCUT2D eigenvalue weighted by Crippen LogP contribution is -2.42. The molecule has 31 heavy (non-hydrogen) atoms. The largest absolute Gasteiger partial charge is 0.351 e. The Hall–Kier alpha value is -3.39. The number of benzene rings is 2. The summed E-state index contributed by atoms with van der Waals surface area (Å²) in [6.45, 7) is 2.60. The molecule has 0 saturated carbocycles. The minimum absolute atomic E-state index is 0.165. The summed E-state index contributed by atoms with van der Waals surface area (Å²) in [7, 11) is 3.75. The van der Waals surface area contributed by atoms with Crippen molar-refractivity contribution in [1.82, 2.24) is 20.2 Å². The lowest BCUT2D eigenvalue weighted by atomic mass is 9.92. The van der Waals surface area contributed by atoms with Crippen LogP contribution in [-0.4, -0.2) is 42.2 Å². The van der Waals surface area contributed by atoms with Crippen LogP contribution in [0.2, 0.25) is 0 Å². The van der Waals surface area contributed by atoms with E-state index in [1.807, 2.05) is 32.1 Å². The number of nitrogens with one attached hydrogen (secondary N) is 3. The maximum Gasteiger partial charge on any atom is 0.270 e. The average Bonchev–Trinajstić information content (AvgIpc) is 3.19. The molecular formula is C23H22BFN4O2. The highest BCUT2D eigenvalue weighted by molar-refractivity contribution is 6.38. The Morgan fingerprint density at radius 2 is 1.97 bits per heavy atom. The summed E-state index contributed by atoms with van der Waals surface area (Å²) in [4.78, 5) is 33.8. The number of amides is 1. The van der Waals surface area contributed by atoms with E-state index in [0.29, 0.717) is 40.8 Å². The summed E-state index contributed by atoms with van der Waals surface area (Å²) in [6, 6.07) is 10.4. The number of hydrogen-bond acceptors (Lipinski definition) is 3. The molecule has 156 valence electrons. The minimum atomic E-state index is -0.363. The fourth-order valence-electron chi connectivity index (χ4n) is 4.57. The van der Waals surface area contributed by atoms with Gasteiger partial charge in [0.05, 0.1) is 6.04 Å². The van der Waals surface area contributed by atoms with Gasteiger partial charge in [0.25, 0.3) is 11.5 Å². The van der Waals surface area contributed by atoms with Gasteiger partial charge in [-0.3, -0.25) is 9.59 Å². The number of halogens is 1. The zero-order valence-corrected chi connectivity index (χ0v) is 17.6. The number of fused-ring (bicyclic) bond motifs is 4. The average molecular weight is 416 g/mol. The van der Waals surface area contributed by atoms with Crippen LogP contribution >= 0.6 is 0 Å². The molecule has 8 heteroatoms. The van der Waals surface area contributed by atoms with Gasteiger partial charge >= 0.3 is 0 Å². The minimum Gasteiger partial charge on any atom is -0.351 e. The third kappa shape index (κ3) is 3.06. The maximum absolute atomic E-state index is 14.4. The van der Waals surface area contributed by atoms with Gasteiger partial charge in [-0.25, -0.2) is 4.39 Å². The normalized spacial score (nSPS) is 15.9. The number of nitrogens with zero attached hydrogens (tertiary/aromatic N) is 1. The van der Waals surface area contributed by atoms with Gasteiger partial charge < -0.3 is 20.2 Å². The topological polar surface area (TPSA) is 81.0 Å². The Morgan fingerprint density at radius 3 is 2.74 bits per heavy atom. The Morgan fingerprint density at radius 1 is 1.16 bits per heavy atom. The van der Waals surface area contributed by atoms with Crippen LogP contribution in [0.5, 0.6) is 0 Å². The molecular weight excluding hydrogens is 394 g/mol. The van der Waals surface area contributed by atoms with E-state index in [0.717, 1.165) is 21.9 Å². The van der Waals surface area contributed by atoms with Crippen molar-refractivity contribution in [3.05, 3.63) is 75.1 Å². The molecule has 0 spiro atoms. The van der Waals surface area contributed by atoms with Crippen LogP contribution in [0.15, 0.2) is 41.2 Å².